The third-order valence-corrected chi connectivity index (χ3v) is 12.6. The van der Waals surface area contributed by atoms with Gasteiger partial charge in [-0.1, -0.05) is 38.1 Å². The molecule has 4 aromatic heterocycles. The van der Waals surface area contributed by atoms with E-state index in [1.54, 1.807) is 11.1 Å². The van der Waals surface area contributed by atoms with Crippen LogP contribution in [-0.2, 0) is 32.0 Å². The van der Waals surface area contributed by atoms with Gasteiger partial charge < -0.3 is 39.5 Å². The molecule has 2 aromatic carbocycles. The van der Waals surface area contributed by atoms with Crippen molar-refractivity contribution in [1.29, 1.82) is 0 Å². The number of pyridine rings is 1. The Morgan fingerprint density at radius 1 is 0.820 bits per heavy atom. The molecule has 15 nitrogen and oxygen atoms in total. The highest BCUT2D eigenvalue weighted by Gasteiger charge is 2.42. The number of fused-ring (bicyclic) bond motifs is 1. The number of ketones is 1. The molecule has 314 valence electrons. The Balaban J connectivity index is 0.878. The van der Waals surface area contributed by atoms with Crippen molar-refractivity contribution in [1.82, 2.24) is 45.0 Å². The molecule has 6 aromatic rings. The number of H-pyrrole nitrogens is 2. The Labute approximate surface area is 352 Å². The van der Waals surface area contributed by atoms with E-state index in [-0.39, 0.29) is 35.6 Å². The summed E-state index contributed by atoms with van der Waals surface area (Å²) in [6.45, 7) is 5.00. The minimum Gasteiger partial charge on any atom is -0.453 e. The zero-order valence-electron chi connectivity index (χ0n) is 34.6. The minimum atomic E-state index is -0.697. The summed E-state index contributed by atoms with van der Waals surface area (Å²) >= 11 is 0. The van der Waals surface area contributed by atoms with Crippen molar-refractivity contribution in [2.24, 2.45) is 5.92 Å². The molecule has 1 aliphatic carbocycles. The average molecular weight is 824 g/mol. The summed E-state index contributed by atoms with van der Waals surface area (Å²) in [5, 5.41) is 7.74. The van der Waals surface area contributed by atoms with Gasteiger partial charge in [-0.3, -0.25) is 14.6 Å². The van der Waals surface area contributed by atoms with E-state index in [9.17, 15) is 19.2 Å². The average Bonchev–Trinajstić information content (AvgIpc) is 4.11. The maximum Gasteiger partial charge on any atom is 0.407 e. The summed E-state index contributed by atoms with van der Waals surface area (Å²) in [6.07, 6.45) is 9.74. The number of aryl methyl sites for hydroxylation is 1. The number of amides is 3. The zero-order chi connectivity index (χ0) is 42.4. The van der Waals surface area contributed by atoms with Crippen LogP contribution in [0.25, 0.3) is 44.5 Å². The molecule has 1 unspecified atom stereocenters. The number of methoxy groups -OCH3 is 2. The van der Waals surface area contributed by atoms with E-state index in [0.29, 0.717) is 31.8 Å². The van der Waals surface area contributed by atoms with Gasteiger partial charge in [-0.05, 0) is 78.3 Å². The van der Waals surface area contributed by atoms with Crippen LogP contribution in [0.4, 0.5) is 9.59 Å². The van der Waals surface area contributed by atoms with E-state index in [0.717, 1.165) is 80.9 Å². The van der Waals surface area contributed by atoms with Gasteiger partial charge in [0.25, 0.3) is 0 Å². The first-order valence-electron chi connectivity index (χ1n) is 20.9. The third kappa shape index (κ3) is 7.64. The van der Waals surface area contributed by atoms with E-state index in [1.807, 2.05) is 38.4 Å². The molecule has 1 fully saturated rings. The lowest BCUT2D eigenvalue weighted by molar-refractivity contribution is -0.135. The first-order valence-corrected chi connectivity index (χ1v) is 20.9. The molecule has 3 aliphatic rings. The maximum absolute atomic E-state index is 13.9. The highest BCUT2D eigenvalue weighted by molar-refractivity contribution is 5.91. The Bertz CT molecular complexity index is 2630. The molecule has 0 saturated carbocycles. The maximum atomic E-state index is 13.9. The fourth-order valence-corrected chi connectivity index (χ4v) is 9.38. The minimum absolute atomic E-state index is 0.0951. The van der Waals surface area contributed by atoms with Gasteiger partial charge in [-0.15, -0.1) is 0 Å². The number of nitrogens with zero attached hydrogens (tertiary/aromatic N) is 5. The van der Waals surface area contributed by atoms with Crippen LogP contribution in [0.15, 0.2) is 79.4 Å². The molecule has 5 atom stereocenters. The van der Waals surface area contributed by atoms with Gasteiger partial charge in [0.15, 0.2) is 0 Å². The lowest BCUT2D eigenvalue weighted by atomic mass is 9.79. The number of imidazole rings is 2. The Morgan fingerprint density at radius 2 is 1.52 bits per heavy atom. The molecular weight excluding hydrogens is 775 g/mol. The van der Waals surface area contributed by atoms with Crippen molar-refractivity contribution in [3.63, 3.8) is 0 Å². The van der Waals surface area contributed by atoms with Crippen molar-refractivity contribution in [3.05, 3.63) is 102 Å². The fraction of sp³-hybridized carbons (Fsp3) is 0.370. The number of likely N-dealkylation sites (tertiary alicyclic amines) is 1. The van der Waals surface area contributed by atoms with Crippen molar-refractivity contribution < 1.29 is 28.7 Å². The summed E-state index contributed by atoms with van der Waals surface area (Å²) in [5.74, 6) is 0.733. The molecule has 3 amide bonds. The van der Waals surface area contributed by atoms with Gasteiger partial charge in [-0.25, -0.2) is 19.6 Å². The van der Waals surface area contributed by atoms with Crippen LogP contribution in [0.5, 0.6) is 0 Å². The van der Waals surface area contributed by atoms with E-state index in [2.05, 4.69) is 78.8 Å². The molecule has 9 rings (SSSR count). The second-order valence-electron chi connectivity index (χ2n) is 16.6. The number of hydrogen-bond acceptors (Lipinski definition) is 9. The second kappa shape index (κ2) is 16.4. The number of carbonyl (C=O) groups is 4. The van der Waals surface area contributed by atoms with E-state index in [4.69, 9.17) is 19.4 Å². The molecule has 0 spiro atoms. The quantitative estimate of drug-likeness (QED) is 0.119. The third-order valence-electron chi connectivity index (χ3n) is 12.6. The molecule has 15 heteroatoms. The number of hydrogen-bond donors (Lipinski definition) is 4. The predicted octanol–water partition coefficient (Wildman–Crippen LogP) is 7.04. The highest BCUT2D eigenvalue weighted by Crippen LogP contribution is 2.40. The monoisotopic (exact) mass is 823 g/mol. The Morgan fingerprint density at radius 3 is 2.26 bits per heavy atom. The molecule has 1 saturated heterocycles. The molecule has 61 heavy (non-hydrogen) atoms. The summed E-state index contributed by atoms with van der Waals surface area (Å²) < 4.78 is 11.8. The van der Waals surface area contributed by atoms with Crippen molar-refractivity contribution in [2.75, 3.05) is 20.8 Å². The van der Waals surface area contributed by atoms with Gasteiger partial charge >= 0.3 is 12.2 Å². The topological polar surface area (TPSA) is 189 Å². The normalized spacial score (nSPS) is 20.3. The zero-order valence-corrected chi connectivity index (χ0v) is 34.6. The Hall–Kier alpha value is -6.77. The second-order valence-corrected chi connectivity index (χ2v) is 16.6. The summed E-state index contributed by atoms with van der Waals surface area (Å²) in [5.41, 5.74) is 7.52. The van der Waals surface area contributed by atoms with E-state index < -0.39 is 24.1 Å². The number of carbonyl (C=O) groups excluding carboxylic acids is 4. The molecule has 0 bridgehead atoms. The van der Waals surface area contributed by atoms with Crippen LogP contribution in [0, 0.1) is 5.92 Å². The summed E-state index contributed by atoms with van der Waals surface area (Å²) in [7, 11) is 2.63. The molecular formula is C46H49N9O6. The smallest absolute Gasteiger partial charge is 0.407 e. The Kier molecular flexibility index (Phi) is 10.6. The lowest BCUT2D eigenvalue weighted by Crippen LogP contribution is -2.51. The predicted molar refractivity (Wildman–Crippen MR) is 227 cm³/mol. The lowest BCUT2D eigenvalue weighted by Gasteiger charge is -2.31. The number of Topliss-reactive ketones (excluding diaryl/α,β-unsaturated/α-hetero) is 1. The van der Waals surface area contributed by atoms with Crippen LogP contribution in [0.2, 0.25) is 0 Å². The number of benzene rings is 2. The standard InChI is InChI=1S/C46H49N9O6/c1-25(2)40(53-46(59)61-4)44(57)55-16-5-6-37(55)43-49-23-36(51-43)31-12-13-33(47-21-31)29-9-7-28-19-30(10-8-27(28)18-29)35-22-48-42(50-35)32-20-38(56)39-34(52-45(58)60-3)14-11-26-15-17-54(24-32)41(26)39/h7-10,12-13,15,17-19,21-23,25,32,34,37,39-40H,5-6,11,14,16,20,24H2,1-4H3,(H,48,50)(H,49,51)(H,52,58)(H,53,59)/t32-,34-,37-,39?,40-/m0/s1. The number of nitrogens with one attached hydrogen (secondary N) is 4. The highest BCUT2D eigenvalue weighted by atomic mass is 16.5. The van der Waals surface area contributed by atoms with Crippen LogP contribution in [0.1, 0.15) is 80.3 Å². The van der Waals surface area contributed by atoms with Gasteiger partial charge in [0.1, 0.15) is 23.5 Å². The molecule has 0 radical (unpaired) electrons. The molecule has 6 heterocycles. The van der Waals surface area contributed by atoms with Crippen molar-refractivity contribution in [2.45, 2.75) is 82.5 Å². The van der Waals surface area contributed by atoms with Gasteiger partial charge in [0.05, 0.1) is 55.7 Å². The number of alkyl carbamates (subject to hydrolysis) is 2. The number of ether oxygens (including phenoxy) is 2. The van der Waals surface area contributed by atoms with Crippen LogP contribution < -0.4 is 10.6 Å². The van der Waals surface area contributed by atoms with E-state index in [1.165, 1.54) is 14.2 Å². The summed E-state index contributed by atoms with van der Waals surface area (Å²) in [4.78, 5) is 74.5. The number of rotatable bonds is 9. The van der Waals surface area contributed by atoms with Gasteiger partial charge in [0, 0.05) is 66.2 Å². The molecule has 2 aliphatic heterocycles. The first-order chi connectivity index (χ1) is 29.6. The van der Waals surface area contributed by atoms with Gasteiger partial charge in [-0.2, -0.15) is 0 Å². The van der Waals surface area contributed by atoms with Crippen LogP contribution in [0.3, 0.4) is 0 Å². The summed E-state index contributed by atoms with van der Waals surface area (Å²) in [6, 6.07) is 17.5. The van der Waals surface area contributed by atoms with Crippen molar-refractivity contribution >= 4 is 34.6 Å². The van der Waals surface area contributed by atoms with Crippen molar-refractivity contribution in [3.8, 4) is 33.8 Å². The van der Waals surface area contributed by atoms with Crippen LogP contribution >= 0.6 is 0 Å². The SMILES string of the molecule is COC(=O)N[C@H]1CCc2ccn3c2C1C(=O)C[C@H](c1ncc(-c2ccc4cc(-c5ccc(-c6cnc([C@@H]7CCCN7C(=O)[C@@H](NC(=O)OC)C(C)C)[nH]6)cn5)ccc4c2)[nH]1)C3. The largest absolute Gasteiger partial charge is 0.453 e. The van der Waals surface area contributed by atoms with Gasteiger partial charge in [0.2, 0.25) is 5.91 Å². The first kappa shape index (κ1) is 39.7. The van der Waals surface area contributed by atoms with Crippen LogP contribution in [-0.4, -0.2) is 91.1 Å². The van der Waals surface area contributed by atoms with E-state index >= 15 is 0 Å². The number of aromatic nitrogens is 6. The number of aromatic amines is 2. The molecule has 4 N–H and O–H groups in total. The fourth-order valence-electron chi connectivity index (χ4n) is 9.38.